The third-order valence-corrected chi connectivity index (χ3v) is 2.03. The molecule has 0 unspecified atom stereocenters. The number of ether oxygens (including phenoxy) is 2. The van der Waals surface area contributed by atoms with E-state index in [1.165, 1.54) is 0 Å². The van der Waals surface area contributed by atoms with Gasteiger partial charge in [-0.2, -0.15) is 0 Å². The zero-order valence-corrected chi connectivity index (χ0v) is 10.7. The van der Waals surface area contributed by atoms with Gasteiger partial charge in [0, 0.05) is 0 Å². The molecule has 4 nitrogen and oxygen atoms in total. The molecule has 0 aromatic heterocycles. The van der Waals surface area contributed by atoms with Gasteiger partial charge in [0.25, 0.3) is 0 Å². The van der Waals surface area contributed by atoms with Crippen LogP contribution in [0.2, 0.25) is 0 Å². The molecule has 0 bridgehead atoms. The molecule has 0 rings (SSSR count). The van der Waals surface area contributed by atoms with Crippen LogP contribution in [0.25, 0.3) is 0 Å². The van der Waals surface area contributed by atoms with Gasteiger partial charge in [-0.05, 0) is 45.8 Å². The first-order chi connectivity index (χ1) is 8.17. The van der Waals surface area contributed by atoms with Crippen molar-refractivity contribution in [3.05, 3.63) is 17.9 Å². The Balaban J connectivity index is 4.44. The van der Waals surface area contributed by atoms with E-state index in [-0.39, 0.29) is 13.2 Å². The smallest absolute Gasteiger partial charge is 0.320 e. The summed E-state index contributed by atoms with van der Waals surface area (Å²) in [5, 5.41) is 0. The van der Waals surface area contributed by atoms with E-state index >= 15 is 0 Å². The summed E-state index contributed by atoms with van der Waals surface area (Å²) in [6.45, 7) is 5.79. The van der Waals surface area contributed by atoms with Gasteiger partial charge in [0.1, 0.15) is 0 Å². The van der Waals surface area contributed by atoms with Gasteiger partial charge in [0.05, 0.1) is 13.2 Å². The van der Waals surface area contributed by atoms with E-state index < -0.39 is 17.9 Å². The molecular weight excluding hydrogens is 220 g/mol. The molecule has 4 heteroatoms. The molecule has 0 heterocycles. The van der Waals surface area contributed by atoms with Crippen LogP contribution in [0.4, 0.5) is 0 Å². The van der Waals surface area contributed by atoms with Crippen molar-refractivity contribution in [2.45, 2.75) is 33.6 Å². The third kappa shape index (κ3) is 6.59. The highest BCUT2D eigenvalue weighted by atomic mass is 16.6. The van der Waals surface area contributed by atoms with Crippen molar-refractivity contribution in [3.8, 4) is 0 Å². The fourth-order valence-electron chi connectivity index (χ4n) is 1.27. The molecule has 0 fully saturated rings. The first-order valence-corrected chi connectivity index (χ1v) is 5.86. The van der Waals surface area contributed by atoms with Gasteiger partial charge in [-0.15, -0.1) is 5.73 Å². The summed E-state index contributed by atoms with van der Waals surface area (Å²) in [5.74, 6) is -1.86. The van der Waals surface area contributed by atoms with Gasteiger partial charge in [-0.1, -0.05) is 0 Å². The van der Waals surface area contributed by atoms with E-state index in [1.807, 2.05) is 6.92 Å². The molecule has 0 aliphatic rings. The molecule has 0 aliphatic heterocycles. The van der Waals surface area contributed by atoms with Crippen molar-refractivity contribution in [2.24, 2.45) is 5.92 Å². The first-order valence-electron chi connectivity index (χ1n) is 5.86. The summed E-state index contributed by atoms with van der Waals surface area (Å²) in [5.41, 5.74) is 2.89. The van der Waals surface area contributed by atoms with Crippen molar-refractivity contribution in [3.63, 3.8) is 0 Å². The van der Waals surface area contributed by atoms with Crippen LogP contribution in [0.5, 0.6) is 0 Å². The second-order valence-electron chi connectivity index (χ2n) is 3.29. The van der Waals surface area contributed by atoms with Crippen molar-refractivity contribution < 1.29 is 19.1 Å². The number of hydrogen-bond acceptors (Lipinski definition) is 4. The molecule has 0 N–H and O–H groups in total. The summed E-state index contributed by atoms with van der Waals surface area (Å²) in [4.78, 5) is 23.1. The fourth-order valence-corrected chi connectivity index (χ4v) is 1.27. The monoisotopic (exact) mass is 240 g/mol. The molecule has 0 aromatic carbocycles. The Morgan fingerprint density at radius 2 is 1.71 bits per heavy atom. The van der Waals surface area contributed by atoms with Gasteiger partial charge in [0.15, 0.2) is 5.92 Å². The molecule has 0 aromatic rings. The minimum atomic E-state index is -0.829. The van der Waals surface area contributed by atoms with Gasteiger partial charge in [-0.25, -0.2) is 0 Å². The van der Waals surface area contributed by atoms with E-state index in [0.29, 0.717) is 12.8 Å². The van der Waals surface area contributed by atoms with E-state index in [9.17, 15) is 9.59 Å². The van der Waals surface area contributed by atoms with Crippen molar-refractivity contribution in [1.82, 2.24) is 0 Å². The summed E-state index contributed by atoms with van der Waals surface area (Å²) in [6.07, 6.45) is 4.53. The van der Waals surface area contributed by atoms with Crippen molar-refractivity contribution in [2.75, 3.05) is 13.2 Å². The predicted molar refractivity (Wildman–Crippen MR) is 64.3 cm³/mol. The predicted octanol–water partition coefficient (Wildman–Crippen LogP) is 2.24. The lowest BCUT2D eigenvalue weighted by molar-refractivity contribution is -0.161. The molecular formula is C13H20O4. The highest BCUT2D eigenvalue weighted by Gasteiger charge is 2.28. The van der Waals surface area contributed by atoms with E-state index in [4.69, 9.17) is 9.47 Å². The Labute approximate surface area is 102 Å². The maximum Gasteiger partial charge on any atom is 0.320 e. The Hall–Kier alpha value is -1.54. The lowest BCUT2D eigenvalue weighted by atomic mass is 10.0. The molecule has 96 valence electrons. The second kappa shape index (κ2) is 9.67. The van der Waals surface area contributed by atoms with Gasteiger partial charge in [0.2, 0.25) is 0 Å². The first kappa shape index (κ1) is 15.5. The zero-order valence-electron chi connectivity index (χ0n) is 10.7. The number of rotatable bonds is 7. The molecule has 17 heavy (non-hydrogen) atoms. The quantitative estimate of drug-likeness (QED) is 0.389. The molecule has 0 radical (unpaired) electrons. The number of carbonyl (C=O) groups excluding carboxylic acids is 2. The lowest BCUT2D eigenvalue weighted by Gasteiger charge is -2.12. The van der Waals surface area contributed by atoms with E-state index in [0.717, 1.165) is 0 Å². The van der Waals surface area contributed by atoms with Gasteiger partial charge >= 0.3 is 11.9 Å². The van der Waals surface area contributed by atoms with Crippen LogP contribution in [-0.2, 0) is 19.1 Å². The Bertz CT molecular complexity index is 283. The largest absolute Gasteiger partial charge is 0.465 e. The third-order valence-electron chi connectivity index (χ3n) is 2.03. The normalized spacial score (nSPS) is 9.41. The Morgan fingerprint density at radius 3 is 2.12 bits per heavy atom. The van der Waals surface area contributed by atoms with Gasteiger partial charge < -0.3 is 9.47 Å². The maximum atomic E-state index is 11.6. The average Bonchev–Trinajstić information content (AvgIpc) is 2.29. The van der Waals surface area contributed by atoms with Crippen LogP contribution in [-0.4, -0.2) is 25.2 Å². The van der Waals surface area contributed by atoms with E-state index in [1.54, 1.807) is 26.0 Å². The summed E-state index contributed by atoms with van der Waals surface area (Å²) < 4.78 is 9.69. The molecule has 0 saturated carbocycles. The second-order valence-corrected chi connectivity index (χ2v) is 3.29. The average molecular weight is 240 g/mol. The highest BCUT2D eigenvalue weighted by Crippen LogP contribution is 2.12. The topological polar surface area (TPSA) is 52.6 Å². The van der Waals surface area contributed by atoms with E-state index in [2.05, 4.69) is 5.73 Å². The summed E-state index contributed by atoms with van der Waals surface area (Å²) in [7, 11) is 0. The molecule has 0 spiro atoms. The number of allylic oxidation sites excluding steroid dienone is 1. The summed E-state index contributed by atoms with van der Waals surface area (Å²) >= 11 is 0. The minimum absolute atomic E-state index is 0.263. The van der Waals surface area contributed by atoms with Gasteiger partial charge in [-0.3, -0.25) is 9.59 Å². The molecule has 0 aliphatic carbocycles. The number of carbonyl (C=O) groups is 2. The van der Waals surface area contributed by atoms with Crippen LogP contribution in [0.1, 0.15) is 33.6 Å². The highest BCUT2D eigenvalue weighted by molar-refractivity contribution is 5.94. The Morgan fingerprint density at radius 1 is 1.18 bits per heavy atom. The standard InChI is InChI=1S/C13H20O4/c1-4-7-8-9-10-11(12(14)16-5-2)13(15)17-6-3/h4,8,11H,5-6,9-10H2,1-3H3. The van der Waals surface area contributed by atoms with Crippen LogP contribution in [0.3, 0.4) is 0 Å². The van der Waals surface area contributed by atoms with Crippen molar-refractivity contribution >= 4 is 11.9 Å². The van der Waals surface area contributed by atoms with Crippen LogP contribution < -0.4 is 0 Å². The maximum absolute atomic E-state index is 11.6. The van der Waals surface area contributed by atoms with Crippen molar-refractivity contribution in [1.29, 1.82) is 0 Å². The molecule has 0 saturated heterocycles. The lowest BCUT2D eigenvalue weighted by Crippen LogP contribution is -2.28. The summed E-state index contributed by atoms with van der Waals surface area (Å²) in [6, 6.07) is 0. The number of esters is 2. The van der Waals surface area contributed by atoms with Crippen LogP contribution in [0.15, 0.2) is 17.9 Å². The van der Waals surface area contributed by atoms with Crippen LogP contribution >= 0.6 is 0 Å². The molecule has 0 amide bonds. The molecule has 0 atom stereocenters. The Kier molecular flexibility index (Phi) is 8.79. The zero-order chi connectivity index (χ0) is 13.1. The fraction of sp³-hybridized carbons (Fsp3) is 0.615. The number of hydrogen-bond donors (Lipinski definition) is 0. The van der Waals surface area contributed by atoms with Crippen LogP contribution in [0, 0.1) is 5.92 Å². The SMILES string of the molecule is CC=C=CCCC(C(=O)OCC)C(=O)OCC. The minimum Gasteiger partial charge on any atom is -0.465 e.